The first-order valence-electron chi connectivity index (χ1n) is 4.92. The van der Waals surface area contributed by atoms with E-state index in [1.165, 1.54) is 13.0 Å². The third kappa shape index (κ3) is 1.39. The lowest BCUT2D eigenvalue weighted by molar-refractivity contribution is -0.0757. The Labute approximate surface area is 92.8 Å². The number of carbonyl (C=O) groups is 1. The first kappa shape index (κ1) is 10.7. The lowest BCUT2D eigenvalue weighted by Crippen LogP contribution is -2.35. The molecular formula is C12H12O4. The Morgan fingerprint density at radius 2 is 2.12 bits per heavy atom. The minimum atomic E-state index is -1.89. The summed E-state index contributed by atoms with van der Waals surface area (Å²) in [6, 6.07) is 3.04. The summed E-state index contributed by atoms with van der Waals surface area (Å²) in [6.07, 6.45) is 3.49. The highest BCUT2D eigenvalue weighted by molar-refractivity contribution is 6.09. The van der Waals surface area contributed by atoms with E-state index in [1.807, 2.05) is 6.92 Å². The van der Waals surface area contributed by atoms with Gasteiger partial charge in [0.05, 0.1) is 5.56 Å². The fourth-order valence-corrected chi connectivity index (χ4v) is 1.72. The Morgan fingerprint density at radius 3 is 2.75 bits per heavy atom. The van der Waals surface area contributed by atoms with Gasteiger partial charge in [0.15, 0.2) is 11.5 Å². The van der Waals surface area contributed by atoms with Gasteiger partial charge in [0.1, 0.15) is 0 Å². The number of phenols is 1. The molecule has 0 bridgehead atoms. The molecule has 1 aromatic rings. The van der Waals surface area contributed by atoms with Crippen molar-refractivity contribution in [3.05, 3.63) is 29.3 Å². The third-order valence-electron chi connectivity index (χ3n) is 2.46. The number of benzene rings is 1. The molecule has 0 fully saturated rings. The average Bonchev–Trinajstić information content (AvgIpc) is 2.45. The highest BCUT2D eigenvalue weighted by Crippen LogP contribution is 2.42. The van der Waals surface area contributed by atoms with Crippen LogP contribution < -0.4 is 4.74 Å². The van der Waals surface area contributed by atoms with Crippen molar-refractivity contribution in [3.8, 4) is 11.5 Å². The molecule has 0 aromatic heterocycles. The number of hydrogen-bond acceptors (Lipinski definition) is 4. The van der Waals surface area contributed by atoms with Gasteiger partial charge < -0.3 is 14.9 Å². The zero-order valence-corrected chi connectivity index (χ0v) is 9.02. The molecule has 1 atom stereocenters. The molecule has 0 saturated carbocycles. The van der Waals surface area contributed by atoms with Crippen molar-refractivity contribution in [2.75, 3.05) is 0 Å². The summed E-state index contributed by atoms with van der Waals surface area (Å²) >= 11 is 0. The molecule has 16 heavy (non-hydrogen) atoms. The lowest BCUT2D eigenvalue weighted by Gasteiger charge is -2.13. The second-order valence-corrected chi connectivity index (χ2v) is 3.79. The van der Waals surface area contributed by atoms with Crippen molar-refractivity contribution < 1.29 is 19.7 Å². The molecular weight excluding hydrogens is 208 g/mol. The van der Waals surface area contributed by atoms with Crippen molar-refractivity contribution >= 4 is 11.9 Å². The number of rotatable bonds is 1. The fourth-order valence-electron chi connectivity index (χ4n) is 1.72. The third-order valence-corrected chi connectivity index (χ3v) is 2.46. The number of aromatic hydroxyl groups is 1. The Kier molecular flexibility index (Phi) is 2.24. The average molecular weight is 220 g/mol. The van der Waals surface area contributed by atoms with E-state index in [9.17, 15) is 15.0 Å². The van der Waals surface area contributed by atoms with Crippen LogP contribution in [0.2, 0.25) is 0 Å². The van der Waals surface area contributed by atoms with Crippen molar-refractivity contribution in [2.45, 2.75) is 19.6 Å². The van der Waals surface area contributed by atoms with E-state index in [0.717, 1.165) is 0 Å². The molecule has 0 spiro atoms. The smallest absolute Gasteiger partial charge is 0.270 e. The van der Waals surface area contributed by atoms with Crippen LogP contribution in [0.25, 0.3) is 6.08 Å². The van der Waals surface area contributed by atoms with E-state index in [2.05, 4.69) is 0 Å². The summed E-state index contributed by atoms with van der Waals surface area (Å²) < 4.78 is 5.05. The van der Waals surface area contributed by atoms with E-state index in [1.54, 1.807) is 18.2 Å². The van der Waals surface area contributed by atoms with Gasteiger partial charge in [0.2, 0.25) is 5.78 Å². The van der Waals surface area contributed by atoms with Crippen LogP contribution >= 0.6 is 0 Å². The van der Waals surface area contributed by atoms with E-state index in [0.29, 0.717) is 5.56 Å². The zero-order chi connectivity index (χ0) is 11.9. The van der Waals surface area contributed by atoms with E-state index in [4.69, 9.17) is 4.74 Å². The van der Waals surface area contributed by atoms with Gasteiger partial charge in [-0.15, -0.1) is 0 Å². The molecule has 1 aliphatic heterocycles. The normalized spacial score (nSPS) is 23.6. The Morgan fingerprint density at radius 1 is 1.44 bits per heavy atom. The molecule has 1 aromatic carbocycles. The molecule has 2 rings (SSSR count). The van der Waals surface area contributed by atoms with Gasteiger partial charge in [-0.1, -0.05) is 18.2 Å². The number of Topliss-reactive ketones (excluding diaryl/α,β-unsaturated/α-hetero) is 1. The second-order valence-electron chi connectivity index (χ2n) is 3.79. The van der Waals surface area contributed by atoms with Crippen LogP contribution in [0.15, 0.2) is 18.2 Å². The van der Waals surface area contributed by atoms with Crippen molar-refractivity contribution in [2.24, 2.45) is 0 Å². The zero-order valence-electron chi connectivity index (χ0n) is 9.02. The van der Waals surface area contributed by atoms with Crippen LogP contribution in [-0.2, 0) is 0 Å². The van der Waals surface area contributed by atoms with Crippen molar-refractivity contribution in [1.82, 2.24) is 0 Å². The number of ketones is 1. The van der Waals surface area contributed by atoms with E-state index >= 15 is 0 Å². The number of ether oxygens (including phenoxy) is 1. The molecule has 1 heterocycles. The van der Waals surface area contributed by atoms with Gasteiger partial charge in [-0.25, -0.2) is 0 Å². The summed E-state index contributed by atoms with van der Waals surface area (Å²) in [5.74, 6) is -2.52. The first-order valence-corrected chi connectivity index (χ1v) is 4.92. The SMILES string of the molecule is CC=Cc1ccc(O)c2c1C(=O)C(C)(O)O2. The van der Waals surface area contributed by atoms with Gasteiger partial charge in [-0.3, -0.25) is 4.79 Å². The highest BCUT2D eigenvalue weighted by Gasteiger charge is 2.44. The lowest BCUT2D eigenvalue weighted by atomic mass is 10.00. The van der Waals surface area contributed by atoms with Crippen LogP contribution in [0.5, 0.6) is 11.5 Å². The summed E-state index contributed by atoms with van der Waals surface area (Å²) in [5.41, 5.74) is 0.848. The van der Waals surface area contributed by atoms with Crippen molar-refractivity contribution in [1.29, 1.82) is 0 Å². The van der Waals surface area contributed by atoms with Crippen LogP contribution in [0.3, 0.4) is 0 Å². The predicted molar refractivity (Wildman–Crippen MR) is 58.4 cm³/mol. The quantitative estimate of drug-likeness (QED) is 0.756. The number of fused-ring (bicyclic) bond motifs is 1. The van der Waals surface area contributed by atoms with E-state index < -0.39 is 11.6 Å². The second kappa shape index (κ2) is 3.35. The number of carbonyl (C=O) groups excluding carboxylic acids is 1. The van der Waals surface area contributed by atoms with Crippen LogP contribution in [0.4, 0.5) is 0 Å². The van der Waals surface area contributed by atoms with Crippen LogP contribution in [0, 0.1) is 0 Å². The molecule has 4 nitrogen and oxygen atoms in total. The standard InChI is InChI=1S/C12H12O4/c1-3-4-7-5-6-8(13)10-9(7)11(14)12(2,15)16-10/h3-6,13,15H,1-2H3. The molecule has 0 radical (unpaired) electrons. The topological polar surface area (TPSA) is 66.8 Å². The Balaban J connectivity index is 2.68. The summed E-state index contributed by atoms with van der Waals surface area (Å²) in [4.78, 5) is 11.8. The molecule has 84 valence electrons. The monoisotopic (exact) mass is 220 g/mol. The molecule has 1 aliphatic rings. The first-order chi connectivity index (χ1) is 7.47. The maximum atomic E-state index is 11.8. The van der Waals surface area contributed by atoms with Gasteiger partial charge in [-0.05, 0) is 18.6 Å². The number of allylic oxidation sites excluding steroid dienone is 1. The number of aliphatic hydroxyl groups is 1. The summed E-state index contributed by atoms with van der Waals surface area (Å²) in [6.45, 7) is 3.08. The van der Waals surface area contributed by atoms with Crippen LogP contribution in [-0.4, -0.2) is 21.8 Å². The molecule has 4 heteroatoms. The maximum absolute atomic E-state index is 11.8. The van der Waals surface area contributed by atoms with Gasteiger partial charge in [0, 0.05) is 6.92 Å². The Bertz CT molecular complexity index is 486. The van der Waals surface area contributed by atoms with Gasteiger partial charge >= 0.3 is 0 Å². The van der Waals surface area contributed by atoms with Crippen molar-refractivity contribution in [3.63, 3.8) is 0 Å². The molecule has 2 N–H and O–H groups in total. The minimum Gasteiger partial charge on any atom is -0.504 e. The summed E-state index contributed by atoms with van der Waals surface area (Å²) in [5, 5.41) is 19.3. The van der Waals surface area contributed by atoms with E-state index in [-0.39, 0.29) is 17.1 Å². The summed E-state index contributed by atoms with van der Waals surface area (Å²) in [7, 11) is 0. The fraction of sp³-hybridized carbons (Fsp3) is 0.250. The molecule has 0 amide bonds. The van der Waals surface area contributed by atoms with Gasteiger partial charge in [-0.2, -0.15) is 0 Å². The molecule has 0 aliphatic carbocycles. The maximum Gasteiger partial charge on any atom is 0.270 e. The number of phenolic OH excluding ortho intramolecular Hbond substituents is 1. The van der Waals surface area contributed by atoms with Gasteiger partial charge in [0.25, 0.3) is 5.79 Å². The van der Waals surface area contributed by atoms with Crippen LogP contribution in [0.1, 0.15) is 29.8 Å². The number of hydrogen-bond donors (Lipinski definition) is 2. The highest BCUT2D eigenvalue weighted by atomic mass is 16.6. The Hall–Kier alpha value is -1.81. The predicted octanol–water partition coefficient (Wildman–Crippen LogP) is 1.71. The minimum absolute atomic E-state index is 0.0469. The molecule has 0 saturated heterocycles. The molecule has 1 unspecified atom stereocenters. The largest absolute Gasteiger partial charge is 0.504 e.